The summed E-state index contributed by atoms with van der Waals surface area (Å²) in [6, 6.07) is 4.11. The number of nitrogens with two attached hydrogens (primary N) is 1. The number of non-ortho nitro benzene ring substituents is 1. The van der Waals surface area contributed by atoms with Crippen molar-refractivity contribution >= 4 is 28.7 Å². The molecule has 80 valence electrons. The number of thiocarbonyl (C=S) groups is 1. The van der Waals surface area contributed by atoms with Crippen molar-refractivity contribution in [1.82, 2.24) is 0 Å². The highest BCUT2D eigenvalue weighted by atomic mass is 32.1. The van der Waals surface area contributed by atoms with Gasteiger partial charge in [0.1, 0.15) is 5.75 Å². The van der Waals surface area contributed by atoms with Gasteiger partial charge in [-0.3, -0.25) is 10.1 Å². The van der Waals surface area contributed by atoms with Gasteiger partial charge in [0.05, 0.1) is 23.8 Å². The van der Waals surface area contributed by atoms with Crippen molar-refractivity contribution in [2.45, 2.75) is 0 Å². The summed E-state index contributed by atoms with van der Waals surface area (Å²) in [5.74, 6) is 0.317. The normalized spacial score (nSPS) is 9.40. The number of nitrogens with one attached hydrogen (secondary N) is 1. The first-order chi connectivity index (χ1) is 7.04. The van der Waals surface area contributed by atoms with Crippen LogP contribution in [0.25, 0.3) is 0 Å². The molecule has 0 heterocycles. The Hall–Kier alpha value is -1.89. The lowest BCUT2D eigenvalue weighted by Crippen LogP contribution is -2.19. The molecule has 0 aliphatic carbocycles. The maximum atomic E-state index is 10.5. The van der Waals surface area contributed by atoms with Gasteiger partial charge in [-0.25, -0.2) is 0 Å². The van der Waals surface area contributed by atoms with Gasteiger partial charge in [-0.2, -0.15) is 0 Å². The molecule has 0 saturated carbocycles. The van der Waals surface area contributed by atoms with Crippen LogP contribution in [-0.2, 0) is 0 Å². The largest absolute Gasteiger partial charge is 0.494 e. The first-order valence-electron chi connectivity index (χ1n) is 3.93. The predicted octanol–water partition coefficient (Wildman–Crippen LogP) is 1.26. The topological polar surface area (TPSA) is 90.4 Å². The quantitative estimate of drug-likeness (QED) is 0.459. The van der Waals surface area contributed by atoms with E-state index in [0.29, 0.717) is 11.4 Å². The molecule has 0 aromatic heterocycles. The summed E-state index contributed by atoms with van der Waals surface area (Å²) < 4.78 is 4.95. The van der Waals surface area contributed by atoms with Crippen molar-refractivity contribution in [2.75, 3.05) is 12.4 Å². The summed E-state index contributed by atoms with van der Waals surface area (Å²) in [6.45, 7) is 0. The Bertz CT molecular complexity index is 408. The predicted molar refractivity (Wildman–Crippen MR) is 60.1 cm³/mol. The number of methoxy groups -OCH3 is 1. The molecular weight excluding hydrogens is 218 g/mol. The van der Waals surface area contributed by atoms with Gasteiger partial charge in [0.25, 0.3) is 5.69 Å². The van der Waals surface area contributed by atoms with Crippen LogP contribution in [0.1, 0.15) is 0 Å². The molecule has 0 unspecified atom stereocenters. The number of anilines is 1. The molecule has 0 fully saturated rings. The third-order valence-corrected chi connectivity index (χ3v) is 1.76. The van der Waals surface area contributed by atoms with Gasteiger partial charge >= 0.3 is 0 Å². The number of nitrogens with zero attached hydrogens (tertiary/aromatic N) is 1. The van der Waals surface area contributed by atoms with E-state index in [0.717, 1.165) is 0 Å². The molecule has 1 rings (SSSR count). The molecule has 0 saturated heterocycles. The fourth-order valence-corrected chi connectivity index (χ4v) is 1.14. The SMILES string of the molecule is COc1cc([N+](=O)[O-])ccc1NC(N)=S. The Balaban J connectivity index is 3.08. The van der Waals surface area contributed by atoms with Gasteiger partial charge in [-0.1, -0.05) is 0 Å². The van der Waals surface area contributed by atoms with E-state index in [1.54, 1.807) is 0 Å². The van der Waals surface area contributed by atoms with E-state index >= 15 is 0 Å². The molecule has 0 amide bonds. The first-order valence-corrected chi connectivity index (χ1v) is 4.34. The molecule has 0 atom stereocenters. The van der Waals surface area contributed by atoms with Crippen LogP contribution >= 0.6 is 12.2 Å². The van der Waals surface area contributed by atoms with Crippen LogP contribution < -0.4 is 15.8 Å². The first kappa shape index (κ1) is 11.2. The zero-order valence-corrected chi connectivity index (χ0v) is 8.71. The highest BCUT2D eigenvalue weighted by molar-refractivity contribution is 7.80. The van der Waals surface area contributed by atoms with Crippen molar-refractivity contribution in [3.05, 3.63) is 28.3 Å². The van der Waals surface area contributed by atoms with Gasteiger partial charge in [-0.05, 0) is 18.3 Å². The summed E-state index contributed by atoms with van der Waals surface area (Å²) in [7, 11) is 1.41. The van der Waals surface area contributed by atoms with E-state index in [2.05, 4.69) is 17.5 Å². The molecule has 0 aliphatic rings. The minimum atomic E-state index is -0.507. The molecule has 1 aromatic rings. The smallest absolute Gasteiger partial charge is 0.273 e. The van der Waals surface area contributed by atoms with Gasteiger partial charge in [0.2, 0.25) is 0 Å². The van der Waals surface area contributed by atoms with Crippen LogP contribution in [0.2, 0.25) is 0 Å². The highest BCUT2D eigenvalue weighted by Crippen LogP contribution is 2.28. The number of rotatable bonds is 3. The molecule has 0 aliphatic heterocycles. The van der Waals surface area contributed by atoms with Crippen molar-refractivity contribution in [1.29, 1.82) is 0 Å². The van der Waals surface area contributed by atoms with Crippen LogP contribution in [0.5, 0.6) is 5.75 Å². The molecule has 15 heavy (non-hydrogen) atoms. The van der Waals surface area contributed by atoms with Crippen molar-refractivity contribution in [2.24, 2.45) is 5.73 Å². The fraction of sp³-hybridized carbons (Fsp3) is 0.125. The number of hydrogen-bond donors (Lipinski definition) is 2. The van der Waals surface area contributed by atoms with Gasteiger partial charge in [0.15, 0.2) is 5.11 Å². The van der Waals surface area contributed by atoms with Gasteiger partial charge in [0, 0.05) is 6.07 Å². The minimum absolute atomic E-state index is 0.0552. The molecule has 1 aromatic carbocycles. The third kappa shape index (κ3) is 2.78. The van der Waals surface area contributed by atoms with Crippen molar-refractivity contribution in [3.63, 3.8) is 0 Å². The maximum absolute atomic E-state index is 10.5. The van der Waals surface area contributed by atoms with Crippen LogP contribution in [0.15, 0.2) is 18.2 Å². The standard InChI is InChI=1S/C8H9N3O3S/c1-14-7-4-5(11(12)13)2-3-6(7)10-8(9)15/h2-4H,1H3,(H3,9,10,15). The molecular formula is C8H9N3O3S. The maximum Gasteiger partial charge on any atom is 0.273 e. The molecule has 0 bridgehead atoms. The Kier molecular flexibility index (Phi) is 3.40. The second kappa shape index (κ2) is 4.56. The van der Waals surface area contributed by atoms with Crippen LogP contribution in [0, 0.1) is 10.1 Å². The number of nitro benzene ring substituents is 1. The van der Waals surface area contributed by atoms with E-state index in [-0.39, 0.29) is 10.8 Å². The lowest BCUT2D eigenvalue weighted by atomic mass is 10.2. The Morgan fingerprint density at radius 3 is 2.80 bits per heavy atom. The lowest BCUT2D eigenvalue weighted by molar-refractivity contribution is -0.384. The van der Waals surface area contributed by atoms with Crippen molar-refractivity contribution in [3.8, 4) is 5.75 Å². The fourth-order valence-electron chi connectivity index (χ4n) is 1.03. The lowest BCUT2D eigenvalue weighted by Gasteiger charge is -2.08. The Morgan fingerprint density at radius 1 is 1.67 bits per heavy atom. The molecule has 0 radical (unpaired) electrons. The van der Waals surface area contributed by atoms with Crippen LogP contribution in [0.3, 0.4) is 0 Å². The van der Waals surface area contributed by atoms with Gasteiger partial charge < -0.3 is 15.8 Å². The van der Waals surface area contributed by atoms with Crippen LogP contribution in [-0.4, -0.2) is 17.1 Å². The summed E-state index contributed by atoms with van der Waals surface area (Å²) >= 11 is 4.65. The number of nitro groups is 1. The molecule has 3 N–H and O–H groups in total. The van der Waals surface area contributed by atoms with E-state index in [4.69, 9.17) is 10.5 Å². The third-order valence-electron chi connectivity index (χ3n) is 1.65. The van der Waals surface area contributed by atoms with E-state index < -0.39 is 4.92 Å². The summed E-state index contributed by atoms with van der Waals surface area (Å²) in [5, 5.41) is 13.2. The number of ether oxygens (including phenoxy) is 1. The average Bonchev–Trinajstić information content (AvgIpc) is 2.17. The molecule has 0 spiro atoms. The minimum Gasteiger partial charge on any atom is -0.494 e. The highest BCUT2D eigenvalue weighted by Gasteiger charge is 2.11. The number of hydrogen-bond acceptors (Lipinski definition) is 4. The van der Waals surface area contributed by atoms with E-state index in [1.807, 2.05) is 0 Å². The average molecular weight is 227 g/mol. The Morgan fingerprint density at radius 2 is 2.33 bits per heavy atom. The Labute approximate surface area is 91.2 Å². The van der Waals surface area contributed by atoms with Crippen LogP contribution in [0.4, 0.5) is 11.4 Å². The van der Waals surface area contributed by atoms with E-state index in [9.17, 15) is 10.1 Å². The van der Waals surface area contributed by atoms with E-state index in [1.165, 1.54) is 25.3 Å². The summed E-state index contributed by atoms with van der Waals surface area (Å²) in [5.41, 5.74) is 5.72. The summed E-state index contributed by atoms with van der Waals surface area (Å²) in [6.07, 6.45) is 0. The second-order valence-electron chi connectivity index (χ2n) is 2.63. The summed E-state index contributed by atoms with van der Waals surface area (Å²) in [4.78, 5) is 9.97. The number of benzene rings is 1. The molecule has 6 nitrogen and oxygen atoms in total. The zero-order valence-electron chi connectivity index (χ0n) is 7.89. The van der Waals surface area contributed by atoms with Crippen molar-refractivity contribution < 1.29 is 9.66 Å². The van der Waals surface area contributed by atoms with Gasteiger partial charge in [-0.15, -0.1) is 0 Å². The molecule has 7 heteroatoms. The second-order valence-corrected chi connectivity index (χ2v) is 3.07. The zero-order chi connectivity index (χ0) is 11.4. The monoisotopic (exact) mass is 227 g/mol.